The van der Waals surface area contributed by atoms with Crippen molar-refractivity contribution in [2.24, 2.45) is 0 Å². The SMILES string of the molecule is CCNC(c1cc(Cl)sc1Cl)c1c(F)cc(Br)cc1F. The first kappa shape index (κ1) is 16.2. The molecule has 0 saturated heterocycles. The van der Waals surface area contributed by atoms with Crippen molar-refractivity contribution in [1.29, 1.82) is 0 Å². The second kappa shape index (κ2) is 6.71. The normalized spacial score (nSPS) is 12.7. The van der Waals surface area contributed by atoms with Crippen molar-refractivity contribution in [3.8, 4) is 0 Å². The van der Waals surface area contributed by atoms with Crippen molar-refractivity contribution >= 4 is 50.5 Å². The van der Waals surface area contributed by atoms with E-state index >= 15 is 0 Å². The van der Waals surface area contributed by atoms with Crippen LogP contribution in [-0.4, -0.2) is 6.54 Å². The molecule has 1 N–H and O–H groups in total. The van der Waals surface area contributed by atoms with Gasteiger partial charge in [0.2, 0.25) is 0 Å². The predicted molar refractivity (Wildman–Crippen MR) is 83.9 cm³/mol. The Morgan fingerprint density at radius 1 is 1.25 bits per heavy atom. The molecule has 1 unspecified atom stereocenters. The van der Waals surface area contributed by atoms with Gasteiger partial charge >= 0.3 is 0 Å². The summed E-state index contributed by atoms with van der Waals surface area (Å²) in [7, 11) is 0. The van der Waals surface area contributed by atoms with Crippen LogP contribution in [0.1, 0.15) is 24.1 Å². The number of rotatable bonds is 4. The van der Waals surface area contributed by atoms with Gasteiger partial charge in [-0.15, -0.1) is 11.3 Å². The maximum Gasteiger partial charge on any atom is 0.132 e. The smallest absolute Gasteiger partial charge is 0.132 e. The quantitative estimate of drug-likeness (QED) is 0.684. The van der Waals surface area contributed by atoms with Crippen molar-refractivity contribution in [3.63, 3.8) is 0 Å². The molecule has 0 fully saturated rings. The minimum atomic E-state index is -0.677. The van der Waals surface area contributed by atoms with Crippen LogP contribution in [0.3, 0.4) is 0 Å². The van der Waals surface area contributed by atoms with Gasteiger partial charge in [-0.3, -0.25) is 0 Å². The number of hydrogen-bond donors (Lipinski definition) is 1. The van der Waals surface area contributed by atoms with Gasteiger partial charge < -0.3 is 5.32 Å². The molecule has 2 aromatic rings. The summed E-state index contributed by atoms with van der Waals surface area (Å²) in [4.78, 5) is 0. The Balaban J connectivity index is 2.57. The summed E-state index contributed by atoms with van der Waals surface area (Å²) in [6.07, 6.45) is 0. The lowest BCUT2D eigenvalue weighted by atomic mass is 10.00. The Morgan fingerprint density at radius 3 is 2.30 bits per heavy atom. The first-order chi connectivity index (χ1) is 9.43. The van der Waals surface area contributed by atoms with Crippen molar-refractivity contribution in [2.45, 2.75) is 13.0 Å². The number of halogens is 5. The highest BCUT2D eigenvalue weighted by molar-refractivity contribution is 9.10. The van der Waals surface area contributed by atoms with Gasteiger partial charge in [0.1, 0.15) is 11.6 Å². The van der Waals surface area contributed by atoms with Crippen LogP contribution in [0.2, 0.25) is 8.67 Å². The molecule has 0 bridgehead atoms. The van der Waals surface area contributed by atoms with Gasteiger partial charge in [0.05, 0.1) is 14.7 Å². The molecular weight excluding hydrogens is 391 g/mol. The van der Waals surface area contributed by atoms with Crippen LogP contribution < -0.4 is 5.32 Å². The van der Waals surface area contributed by atoms with Gasteiger partial charge in [0.25, 0.3) is 0 Å². The van der Waals surface area contributed by atoms with Crippen LogP contribution in [0.15, 0.2) is 22.7 Å². The van der Waals surface area contributed by atoms with Gasteiger partial charge in [-0.25, -0.2) is 8.78 Å². The summed E-state index contributed by atoms with van der Waals surface area (Å²) in [5, 5.41) is 3.04. The zero-order valence-electron chi connectivity index (χ0n) is 10.3. The van der Waals surface area contributed by atoms with E-state index in [9.17, 15) is 8.78 Å². The molecule has 108 valence electrons. The van der Waals surface area contributed by atoms with Crippen LogP contribution in [0.4, 0.5) is 8.78 Å². The summed E-state index contributed by atoms with van der Waals surface area (Å²) in [6, 6.07) is 3.40. The maximum absolute atomic E-state index is 14.1. The minimum absolute atomic E-state index is 0.0635. The van der Waals surface area contributed by atoms with Crippen molar-refractivity contribution in [3.05, 3.63) is 54.1 Å². The Hall–Kier alpha value is -0.200. The molecule has 0 saturated carbocycles. The number of benzene rings is 1. The van der Waals surface area contributed by atoms with E-state index in [0.29, 0.717) is 25.3 Å². The van der Waals surface area contributed by atoms with Gasteiger partial charge in [-0.05, 0) is 24.7 Å². The summed E-state index contributed by atoms with van der Waals surface area (Å²) in [5.74, 6) is -1.28. The van der Waals surface area contributed by atoms with E-state index in [-0.39, 0.29) is 5.56 Å². The van der Waals surface area contributed by atoms with Gasteiger partial charge in [-0.1, -0.05) is 46.1 Å². The van der Waals surface area contributed by atoms with Gasteiger partial charge in [0.15, 0.2) is 0 Å². The summed E-state index contributed by atoms with van der Waals surface area (Å²) in [6.45, 7) is 2.38. The Bertz CT molecular complexity index is 610. The molecule has 20 heavy (non-hydrogen) atoms. The lowest BCUT2D eigenvalue weighted by molar-refractivity contribution is 0.510. The largest absolute Gasteiger partial charge is 0.306 e. The van der Waals surface area contributed by atoms with E-state index < -0.39 is 17.7 Å². The second-order valence-corrected chi connectivity index (χ2v) is 7.25. The Morgan fingerprint density at radius 2 is 1.85 bits per heavy atom. The minimum Gasteiger partial charge on any atom is -0.306 e. The maximum atomic E-state index is 14.1. The molecule has 7 heteroatoms. The highest BCUT2D eigenvalue weighted by Gasteiger charge is 2.25. The van der Waals surface area contributed by atoms with Crippen molar-refractivity contribution < 1.29 is 8.78 Å². The van der Waals surface area contributed by atoms with Crippen molar-refractivity contribution in [2.75, 3.05) is 6.54 Å². The fraction of sp³-hybridized carbons (Fsp3) is 0.231. The fourth-order valence-electron chi connectivity index (χ4n) is 1.95. The van der Waals surface area contributed by atoms with E-state index in [1.54, 1.807) is 6.07 Å². The fourth-order valence-corrected chi connectivity index (χ4v) is 3.88. The third-order valence-corrected chi connectivity index (χ3v) is 4.71. The van der Waals surface area contributed by atoms with Crippen LogP contribution >= 0.6 is 50.5 Å². The number of thiophene rings is 1. The van der Waals surface area contributed by atoms with Crippen LogP contribution in [0.25, 0.3) is 0 Å². The van der Waals surface area contributed by atoms with E-state index in [0.717, 1.165) is 0 Å². The molecule has 0 amide bonds. The lowest BCUT2D eigenvalue weighted by Crippen LogP contribution is -2.24. The Kier molecular flexibility index (Phi) is 5.42. The molecule has 1 heterocycles. The summed E-state index contributed by atoms with van der Waals surface area (Å²) >= 11 is 16.2. The Labute approximate surface area is 138 Å². The lowest BCUT2D eigenvalue weighted by Gasteiger charge is -2.19. The highest BCUT2D eigenvalue weighted by atomic mass is 79.9. The van der Waals surface area contributed by atoms with Gasteiger partial charge in [0, 0.05) is 15.6 Å². The second-order valence-electron chi connectivity index (χ2n) is 4.05. The molecule has 1 aromatic heterocycles. The van der Waals surface area contributed by atoms with Crippen LogP contribution in [0, 0.1) is 11.6 Å². The standard InChI is InChI=1S/C13H10BrCl2F2NS/c1-2-19-12(7-5-10(15)20-13(7)16)11-8(17)3-6(14)4-9(11)18/h3-5,12,19H,2H2,1H3. The molecule has 0 spiro atoms. The molecule has 2 rings (SSSR count). The number of hydrogen-bond acceptors (Lipinski definition) is 2. The van der Waals surface area contributed by atoms with Gasteiger partial charge in [-0.2, -0.15) is 0 Å². The summed E-state index contributed by atoms with van der Waals surface area (Å²) < 4.78 is 29.5. The first-order valence-corrected chi connectivity index (χ1v) is 8.13. The zero-order valence-corrected chi connectivity index (χ0v) is 14.2. The molecule has 1 atom stereocenters. The number of nitrogens with one attached hydrogen (secondary N) is 1. The topological polar surface area (TPSA) is 12.0 Å². The molecular formula is C13H10BrCl2F2NS. The van der Waals surface area contributed by atoms with E-state index in [1.165, 1.54) is 23.5 Å². The van der Waals surface area contributed by atoms with E-state index in [4.69, 9.17) is 23.2 Å². The third-order valence-electron chi connectivity index (χ3n) is 2.73. The highest BCUT2D eigenvalue weighted by Crippen LogP contribution is 2.39. The average Bonchev–Trinajstić information content (AvgIpc) is 2.66. The molecule has 0 aliphatic rings. The molecule has 1 nitrogen and oxygen atoms in total. The molecule has 0 aliphatic heterocycles. The zero-order chi connectivity index (χ0) is 14.9. The molecule has 1 aromatic carbocycles. The summed E-state index contributed by atoms with van der Waals surface area (Å²) in [5.41, 5.74) is 0.509. The predicted octanol–water partition coefficient (Wildman–Crippen LogP) is 5.79. The monoisotopic (exact) mass is 399 g/mol. The van der Waals surface area contributed by atoms with E-state index in [2.05, 4.69) is 21.2 Å². The molecule has 0 radical (unpaired) electrons. The third kappa shape index (κ3) is 3.34. The van der Waals surface area contributed by atoms with E-state index in [1.807, 2.05) is 6.92 Å². The first-order valence-electron chi connectivity index (χ1n) is 5.76. The van der Waals surface area contributed by atoms with Crippen LogP contribution in [-0.2, 0) is 0 Å². The van der Waals surface area contributed by atoms with Crippen molar-refractivity contribution in [1.82, 2.24) is 5.32 Å². The molecule has 0 aliphatic carbocycles. The van der Waals surface area contributed by atoms with Crippen LogP contribution in [0.5, 0.6) is 0 Å². The average molecular weight is 401 g/mol.